The molecule has 1 aliphatic rings. The Morgan fingerprint density at radius 3 is 2.15 bits per heavy atom. The summed E-state index contributed by atoms with van der Waals surface area (Å²) in [6.07, 6.45) is 0.854. The number of amides is 2. The summed E-state index contributed by atoms with van der Waals surface area (Å²) in [7, 11) is 1.85. The summed E-state index contributed by atoms with van der Waals surface area (Å²) < 4.78 is 0. The summed E-state index contributed by atoms with van der Waals surface area (Å²) in [6, 6.07) is 14.4. The lowest BCUT2D eigenvalue weighted by Crippen LogP contribution is -2.27. The Balaban J connectivity index is 0.000000759. The molecule has 39 heavy (non-hydrogen) atoms. The normalized spacial score (nSPS) is 14.4. The molecule has 0 saturated carbocycles. The maximum Gasteiger partial charge on any atom is 0.257 e. The molecule has 2 amide bonds. The summed E-state index contributed by atoms with van der Waals surface area (Å²) in [5, 5.41) is 9.68. The highest BCUT2D eigenvalue weighted by Crippen LogP contribution is 2.46. The van der Waals surface area contributed by atoms with Gasteiger partial charge in [0.05, 0.1) is 0 Å². The molecule has 0 bridgehead atoms. The van der Waals surface area contributed by atoms with Gasteiger partial charge in [-0.1, -0.05) is 72.7 Å². The predicted molar refractivity (Wildman–Crippen MR) is 168 cm³/mol. The first-order valence-corrected chi connectivity index (χ1v) is 14.1. The van der Waals surface area contributed by atoms with Gasteiger partial charge in [0.25, 0.3) is 5.91 Å². The zero-order valence-electron chi connectivity index (χ0n) is 25.2. The number of rotatable bonds is 5. The largest absolute Gasteiger partial charge is 0.382 e. The Labute approximate surface area is 239 Å². The van der Waals surface area contributed by atoms with Crippen LogP contribution in [0.2, 0.25) is 0 Å². The number of carbonyl (C=O) groups is 2. The first-order chi connectivity index (χ1) is 18.4. The van der Waals surface area contributed by atoms with Gasteiger partial charge in [0.1, 0.15) is 16.7 Å². The van der Waals surface area contributed by atoms with E-state index in [-0.39, 0.29) is 17.2 Å². The number of amidine groups is 1. The van der Waals surface area contributed by atoms with Crippen molar-refractivity contribution in [1.29, 1.82) is 0 Å². The Morgan fingerprint density at radius 2 is 1.67 bits per heavy atom. The van der Waals surface area contributed by atoms with E-state index in [1.54, 1.807) is 41.0 Å². The highest BCUT2D eigenvalue weighted by Gasteiger charge is 2.35. The van der Waals surface area contributed by atoms with Crippen LogP contribution < -0.4 is 16.1 Å². The number of nitrogens with two attached hydrogens (primary N) is 1. The monoisotopic (exact) mass is 554 g/mol. The minimum atomic E-state index is -0.358. The summed E-state index contributed by atoms with van der Waals surface area (Å²) in [6.45, 7) is 21.6. The zero-order valence-corrected chi connectivity index (χ0v) is 26.0. The van der Waals surface area contributed by atoms with Gasteiger partial charge in [-0.05, 0) is 49.7 Å². The molecule has 2 heterocycles. The maximum atomic E-state index is 11.1. The molecule has 1 unspecified atom stereocenters. The van der Waals surface area contributed by atoms with Crippen molar-refractivity contribution >= 4 is 41.9 Å². The van der Waals surface area contributed by atoms with E-state index in [0.29, 0.717) is 16.6 Å². The number of aromatic nitrogens is 1. The van der Waals surface area contributed by atoms with E-state index >= 15 is 0 Å². The third kappa shape index (κ3) is 12.3. The quantitative estimate of drug-likeness (QED) is 0.245. The van der Waals surface area contributed by atoms with Crippen LogP contribution in [0.4, 0.5) is 5.82 Å². The number of carbonyl (C=O) groups excluding carboxylic acids is 2. The number of pyridine rings is 1. The summed E-state index contributed by atoms with van der Waals surface area (Å²) >= 11 is 1.73. The first-order valence-electron chi connectivity index (χ1n) is 13.2. The van der Waals surface area contributed by atoms with Gasteiger partial charge in [0.15, 0.2) is 0 Å². The lowest BCUT2D eigenvalue weighted by atomic mass is 9.88. The molecule has 0 fully saturated rings. The second-order valence-corrected chi connectivity index (χ2v) is 10.3. The maximum absolute atomic E-state index is 11.1. The molecule has 0 saturated heterocycles. The molecule has 214 valence electrons. The van der Waals surface area contributed by atoms with Crippen molar-refractivity contribution in [2.24, 2.45) is 21.2 Å². The van der Waals surface area contributed by atoms with Gasteiger partial charge in [0, 0.05) is 36.1 Å². The van der Waals surface area contributed by atoms with E-state index < -0.39 is 0 Å². The number of anilines is 1. The van der Waals surface area contributed by atoms with Crippen molar-refractivity contribution in [2.75, 3.05) is 12.1 Å². The van der Waals surface area contributed by atoms with E-state index in [9.17, 15) is 9.59 Å². The molecule has 0 aliphatic carbocycles. The van der Waals surface area contributed by atoms with Crippen LogP contribution in [0.5, 0.6) is 0 Å². The average Bonchev–Trinajstić information content (AvgIpc) is 3.37. The van der Waals surface area contributed by atoms with Gasteiger partial charge >= 0.3 is 0 Å². The molecular weight excluding hydrogens is 508 g/mol. The molecule has 1 atom stereocenters. The van der Waals surface area contributed by atoms with Crippen LogP contribution in [-0.2, 0) is 4.79 Å². The zero-order chi connectivity index (χ0) is 30.2. The number of aliphatic imine (C=N–C) groups is 1. The second-order valence-electron chi connectivity index (χ2n) is 9.14. The second kappa shape index (κ2) is 17.9. The van der Waals surface area contributed by atoms with Gasteiger partial charge in [-0.25, -0.2) is 9.99 Å². The predicted octanol–water partition coefficient (Wildman–Crippen LogP) is 6.58. The molecule has 8 nitrogen and oxygen atoms in total. The fraction of sp³-hybridized carbons (Fsp3) is 0.433. The highest BCUT2D eigenvalue weighted by molar-refractivity contribution is 8.04. The van der Waals surface area contributed by atoms with Crippen LogP contribution in [-0.4, -0.2) is 41.6 Å². The Morgan fingerprint density at radius 1 is 1.08 bits per heavy atom. The van der Waals surface area contributed by atoms with Crippen LogP contribution in [0, 0.1) is 12.3 Å². The van der Waals surface area contributed by atoms with Crippen molar-refractivity contribution in [3.63, 3.8) is 0 Å². The van der Waals surface area contributed by atoms with Crippen molar-refractivity contribution in [2.45, 2.75) is 74.0 Å². The SMILES string of the molecule is C=NC1=C(/C(N)=N/N(C)c2cccc(C)n2)CC(C(C)(C)C)S1.CC.CC.CC(=O)NC(=O)c1ccccc1. The minimum Gasteiger partial charge on any atom is -0.382 e. The molecule has 9 heteroatoms. The van der Waals surface area contributed by atoms with Gasteiger partial charge in [-0.15, -0.1) is 11.8 Å². The van der Waals surface area contributed by atoms with E-state index in [2.05, 4.69) is 47.9 Å². The van der Waals surface area contributed by atoms with Gasteiger partial charge in [-0.2, -0.15) is 5.10 Å². The smallest absolute Gasteiger partial charge is 0.257 e. The number of hydrazone groups is 1. The standard InChI is InChI=1S/C17H25N5S.C9H9NO2.2C2H6/c1-11-8-7-9-14(20-11)22(6)21-15(18)12-10-13(17(2,3)4)23-16(12)19-5;1-7(11)10-9(12)8-5-3-2-4-6-8;2*1-2/h7-9,13H,5,10H2,1-4,6H3,(H2,18,21);2-6H,1H3,(H,10,11,12);2*1-2H3. The van der Waals surface area contributed by atoms with Gasteiger partial charge in [0.2, 0.25) is 5.91 Å². The van der Waals surface area contributed by atoms with E-state index in [1.807, 2.05) is 65.9 Å². The Bertz CT molecular complexity index is 1120. The number of imide groups is 1. The van der Waals surface area contributed by atoms with Gasteiger partial charge in [-0.3, -0.25) is 19.9 Å². The van der Waals surface area contributed by atoms with Crippen LogP contribution in [0.25, 0.3) is 0 Å². The molecular formula is C30H46N6O2S. The van der Waals surface area contributed by atoms with Crippen LogP contribution in [0.15, 0.2) is 69.2 Å². The minimum absolute atomic E-state index is 0.173. The first kappa shape index (κ1) is 35.5. The summed E-state index contributed by atoms with van der Waals surface area (Å²) in [4.78, 5) is 30.2. The van der Waals surface area contributed by atoms with E-state index in [0.717, 1.165) is 28.5 Å². The number of thioether (sulfide) groups is 1. The fourth-order valence-corrected chi connectivity index (χ4v) is 4.43. The number of aryl methyl sites for hydroxylation is 1. The molecule has 2 aromatic rings. The number of hydrogen-bond acceptors (Lipinski definition) is 7. The Kier molecular flexibility index (Phi) is 16.3. The molecule has 1 aromatic heterocycles. The summed E-state index contributed by atoms with van der Waals surface area (Å²) in [5.41, 5.74) is 8.84. The fourth-order valence-electron chi connectivity index (χ4n) is 3.15. The topological polar surface area (TPSA) is 113 Å². The van der Waals surface area contributed by atoms with Crippen LogP contribution in [0.1, 0.15) is 77.9 Å². The Hall–Kier alpha value is -3.46. The lowest BCUT2D eigenvalue weighted by Gasteiger charge is -2.26. The molecule has 3 N–H and O–H groups in total. The number of nitrogens with zero attached hydrogens (tertiary/aromatic N) is 4. The number of benzene rings is 1. The molecule has 1 aliphatic heterocycles. The number of nitrogens with one attached hydrogen (secondary N) is 1. The third-order valence-corrected chi connectivity index (χ3v) is 6.87. The summed E-state index contributed by atoms with van der Waals surface area (Å²) in [5.74, 6) is 0.545. The molecule has 0 radical (unpaired) electrons. The van der Waals surface area contributed by atoms with Crippen LogP contribution >= 0.6 is 11.8 Å². The van der Waals surface area contributed by atoms with Gasteiger partial charge < -0.3 is 5.73 Å². The molecule has 0 spiro atoms. The molecule has 1 aromatic carbocycles. The average molecular weight is 555 g/mol. The lowest BCUT2D eigenvalue weighted by molar-refractivity contribution is -0.118. The van der Waals surface area contributed by atoms with Crippen molar-refractivity contribution in [3.05, 3.63) is 70.4 Å². The molecule has 3 rings (SSSR count). The third-order valence-electron chi connectivity index (χ3n) is 5.11. The van der Waals surface area contributed by atoms with E-state index in [1.165, 1.54) is 6.92 Å². The highest BCUT2D eigenvalue weighted by atomic mass is 32.2. The van der Waals surface area contributed by atoms with Crippen LogP contribution in [0.3, 0.4) is 0 Å². The number of hydrogen-bond donors (Lipinski definition) is 2. The van der Waals surface area contributed by atoms with Crippen molar-refractivity contribution in [3.8, 4) is 0 Å². The van der Waals surface area contributed by atoms with E-state index in [4.69, 9.17) is 5.73 Å². The van der Waals surface area contributed by atoms with Crippen molar-refractivity contribution in [1.82, 2.24) is 10.3 Å². The van der Waals surface area contributed by atoms with Crippen molar-refractivity contribution < 1.29 is 9.59 Å².